The largest absolute Gasteiger partial charge is 0.404 e. The molecule has 0 aliphatic carbocycles. The number of nitrogens with zero attached hydrogens (tertiary/aromatic N) is 1. The Labute approximate surface area is 118 Å². The van der Waals surface area contributed by atoms with Crippen molar-refractivity contribution in [2.45, 2.75) is 52.1 Å². The van der Waals surface area contributed by atoms with Gasteiger partial charge in [-0.2, -0.15) is 13.2 Å². The van der Waals surface area contributed by atoms with E-state index in [0.717, 1.165) is 25.7 Å². The summed E-state index contributed by atoms with van der Waals surface area (Å²) in [6, 6.07) is 0. The van der Waals surface area contributed by atoms with Crippen molar-refractivity contribution in [2.24, 2.45) is 5.41 Å². The fraction of sp³-hybridized carbons (Fsp3) is 0.929. The van der Waals surface area contributed by atoms with E-state index in [2.05, 4.69) is 5.32 Å². The van der Waals surface area contributed by atoms with Crippen LogP contribution in [-0.2, 0) is 4.79 Å². The molecule has 20 heavy (non-hydrogen) atoms. The van der Waals surface area contributed by atoms with Crippen LogP contribution in [0.1, 0.15) is 46.0 Å². The molecule has 1 N–H and O–H groups in total. The minimum atomic E-state index is -4.48. The van der Waals surface area contributed by atoms with E-state index in [4.69, 9.17) is 0 Å². The zero-order valence-corrected chi connectivity index (χ0v) is 12.4. The van der Waals surface area contributed by atoms with Gasteiger partial charge in [0.1, 0.15) is 0 Å². The first-order valence-corrected chi connectivity index (χ1v) is 7.46. The molecule has 0 spiro atoms. The van der Waals surface area contributed by atoms with Gasteiger partial charge in [-0.05, 0) is 25.8 Å². The summed E-state index contributed by atoms with van der Waals surface area (Å²) in [7, 11) is 0. The van der Waals surface area contributed by atoms with Crippen LogP contribution in [0, 0.1) is 5.41 Å². The lowest BCUT2D eigenvalue weighted by Crippen LogP contribution is -2.54. The van der Waals surface area contributed by atoms with Gasteiger partial charge >= 0.3 is 6.18 Å². The lowest BCUT2D eigenvalue weighted by molar-refractivity contribution is -0.221. The number of carbonyl (C=O) groups is 1. The maximum absolute atomic E-state index is 13.4. The molecule has 1 amide bonds. The van der Waals surface area contributed by atoms with E-state index in [1.54, 1.807) is 0 Å². The number of rotatable bonds is 7. The second-order valence-electron chi connectivity index (χ2n) is 5.51. The Morgan fingerprint density at radius 3 is 2.10 bits per heavy atom. The lowest BCUT2D eigenvalue weighted by Gasteiger charge is -2.35. The number of alkyl halides is 3. The summed E-state index contributed by atoms with van der Waals surface area (Å²) < 4.78 is 40.2. The third-order valence-electron chi connectivity index (χ3n) is 3.96. The van der Waals surface area contributed by atoms with E-state index in [0.29, 0.717) is 13.1 Å². The molecule has 0 aromatic carbocycles. The van der Waals surface area contributed by atoms with Crippen LogP contribution in [0.15, 0.2) is 0 Å². The SMILES string of the molecule is CCCCN(CCCC)C(=O)C1(C(F)(F)F)CCNC1. The second-order valence-corrected chi connectivity index (χ2v) is 5.51. The molecule has 1 fully saturated rings. The number of nitrogens with one attached hydrogen (secondary N) is 1. The van der Waals surface area contributed by atoms with Gasteiger partial charge in [0.15, 0.2) is 5.41 Å². The molecule has 0 aromatic heterocycles. The van der Waals surface area contributed by atoms with Crippen molar-refractivity contribution < 1.29 is 18.0 Å². The van der Waals surface area contributed by atoms with Gasteiger partial charge in [0.25, 0.3) is 0 Å². The minimum absolute atomic E-state index is 0.149. The van der Waals surface area contributed by atoms with Crippen LogP contribution in [0.5, 0.6) is 0 Å². The van der Waals surface area contributed by atoms with Crippen molar-refractivity contribution in [3.63, 3.8) is 0 Å². The predicted octanol–water partition coefficient (Wildman–Crippen LogP) is 2.96. The first-order chi connectivity index (χ1) is 9.39. The van der Waals surface area contributed by atoms with E-state index in [1.807, 2.05) is 13.8 Å². The summed E-state index contributed by atoms with van der Waals surface area (Å²) in [6.45, 7) is 4.75. The molecule has 1 rings (SSSR count). The Hall–Kier alpha value is -0.780. The van der Waals surface area contributed by atoms with Gasteiger partial charge in [0.2, 0.25) is 5.91 Å². The maximum Gasteiger partial charge on any atom is 0.404 e. The van der Waals surface area contributed by atoms with Crippen molar-refractivity contribution in [3.05, 3.63) is 0 Å². The maximum atomic E-state index is 13.4. The van der Waals surface area contributed by atoms with Crippen LogP contribution in [-0.4, -0.2) is 43.2 Å². The molecular formula is C14H25F3N2O. The molecule has 0 bridgehead atoms. The molecule has 0 aromatic rings. The van der Waals surface area contributed by atoms with Crippen LogP contribution in [0.4, 0.5) is 13.2 Å². The number of unbranched alkanes of at least 4 members (excludes halogenated alkanes) is 2. The van der Waals surface area contributed by atoms with Crippen LogP contribution in [0.25, 0.3) is 0 Å². The molecule has 0 radical (unpaired) electrons. The predicted molar refractivity (Wildman–Crippen MR) is 72.4 cm³/mol. The van der Waals surface area contributed by atoms with Crippen molar-refractivity contribution in [2.75, 3.05) is 26.2 Å². The fourth-order valence-corrected chi connectivity index (χ4v) is 2.55. The van der Waals surface area contributed by atoms with Crippen molar-refractivity contribution >= 4 is 5.91 Å². The summed E-state index contributed by atoms with van der Waals surface area (Å²) in [5, 5.41) is 2.70. The number of hydrogen-bond acceptors (Lipinski definition) is 2. The van der Waals surface area contributed by atoms with Gasteiger partial charge in [-0.15, -0.1) is 0 Å². The van der Waals surface area contributed by atoms with Crippen molar-refractivity contribution in [3.8, 4) is 0 Å². The highest BCUT2D eigenvalue weighted by Gasteiger charge is 2.62. The highest BCUT2D eigenvalue weighted by Crippen LogP contribution is 2.44. The molecule has 3 nitrogen and oxygen atoms in total. The number of carbonyl (C=O) groups excluding carboxylic acids is 1. The lowest BCUT2D eigenvalue weighted by atomic mass is 9.84. The summed E-state index contributed by atoms with van der Waals surface area (Å²) in [6.07, 6.45) is -1.40. The van der Waals surface area contributed by atoms with Gasteiger partial charge in [0.05, 0.1) is 0 Å². The first-order valence-electron chi connectivity index (χ1n) is 7.46. The topological polar surface area (TPSA) is 32.3 Å². The summed E-state index contributed by atoms with van der Waals surface area (Å²) in [4.78, 5) is 13.9. The first kappa shape index (κ1) is 17.3. The van der Waals surface area contributed by atoms with E-state index in [1.165, 1.54) is 4.90 Å². The van der Waals surface area contributed by atoms with Gasteiger partial charge in [0, 0.05) is 19.6 Å². The average molecular weight is 294 g/mol. The molecule has 1 atom stereocenters. The highest BCUT2D eigenvalue weighted by atomic mass is 19.4. The zero-order chi connectivity index (χ0) is 15.2. The normalized spacial score (nSPS) is 23.1. The van der Waals surface area contributed by atoms with Crippen molar-refractivity contribution in [1.29, 1.82) is 0 Å². The van der Waals surface area contributed by atoms with Crippen LogP contribution >= 0.6 is 0 Å². The third-order valence-corrected chi connectivity index (χ3v) is 3.96. The zero-order valence-electron chi connectivity index (χ0n) is 12.4. The Morgan fingerprint density at radius 1 is 1.20 bits per heavy atom. The summed E-state index contributed by atoms with van der Waals surface area (Å²) in [5.41, 5.74) is -2.21. The van der Waals surface area contributed by atoms with Gasteiger partial charge in [-0.3, -0.25) is 4.79 Å². The van der Waals surface area contributed by atoms with Crippen molar-refractivity contribution in [1.82, 2.24) is 10.2 Å². The molecule has 1 aliphatic heterocycles. The monoisotopic (exact) mass is 294 g/mol. The molecular weight excluding hydrogens is 269 g/mol. The Kier molecular flexibility index (Phi) is 6.30. The standard InChI is InChI=1S/C14H25F3N2O/c1-3-5-9-19(10-6-4-2)12(20)13(14(15,16)17)7-8-18-11-13/h18H,3-11H2,1-2H3. The molecule has 0 saturated carbocycles. The number of hydrogen-bond donors (Lipinski definition) is 1. The smallest absolute Gasteiger partial charge is 0.342 e. The molecule has 118 valence electrons. The van der Waals surface area contributed by atoms with Gasteiger partial charge < -0.3 is 10.2 Å². The molecule has 1 aliphatic rings. The molecule has 1 heterocycles. The van der Waals surface area contributed by atoms with Gasteiger partial charge in [-0.25, -0.2) is 0 Å². The van der Waals surface area contributed by atoms with Crippen LogP contribution < -0.4 is 5.32 Å². The Morgan fingerprint density at radius 2 is 1.75 bits per heavy atom. The number of halogens is 3. The Balaban J connectivity index is 2.89. The average Bonchev–Trinajstić information content (AvgIpc) is 2.88. The molecule has 1 saturated heterocycles. The highest BCUT2D eigenvalue weighted by molar-refractivity contribution is 5.84. The second kappa shape index (κ2) is 7.29. The Bertz CT molecular complexity index is 304. The van der Waals surface area contributed by atoms with Crippen LogP contribution in [0.2, 0.25) is 0 Å². The third kappa shape index (κ3) is 3.65. The molecule has 1 unspecified atom stereocenters. The van der Waals surface area contributed by atoms with Crippen LogP contribution in [0.3, 0.4) is 0 Å². The van der Waals surface area contributed by atoms with E-state index >= 15 is 0 Å². The van der Waals surface area contributed by atoms with E-state index < -0.39 is 17.5 Å². The number of amides is 1. The quantitative estimate of drug-likeness (QED) is 0.783. The van der Waals surface area contributed by atoms with E-state index in [9.17, 15) is 18.0 Å². The fourth-order valence-electron chi connectivity index (χ4n) is 2.55. The minimum Gasteiger partial charge on any atom is -0.342 e. The van der Waals surface area contributed by atoms with E-state index in [-0.39, 0.29) is 19.5 Å². The van der Waals surface area contributed by atoms with Gasteiger partial charge in [-0.1, -0.05) is 26.7 Å². The molecule has 6 heteroatoms. The summed E-state index contributed by atoms with van der Waals surface area (Å²) in [5.74, 6) is -0.739. The summed E-state index contributed by atoms with van der Waals surface area (Å²) >= 11 is 0.